The Morgan fingerprint density at radius 3 is 2.78 bits per heavy atom. The van der Waals surface area contributed by atoms with E-state index in [0.717, 1.165) is 36.9 Å². The molecule has 1 heterocycles. The van der Waals surface area contributed by atoms with E-state index in [-0.39, 0.29) is 24.0 Å². The molecule has 126 valence electrons. The van der Waals surface area contributed by atoms with Gasteiger partial charge in [-0.1, -0.05) is 23.4 Å². The number of hydrogen-bond donors (Lipinski definition) is 2. The number of rotatable bonds is 7. The summed E-state index contributed by atoms with van der Waals surface area (Å²) in [6, 6.07) is 9.84. The second-order valence-corrected chi connectivity index (χ2v) is 4.67. The third-order valence-electron chi connectivity index (χ3n) is 3.11. The normalized spacial score (nSPS) is 10.8. The Morgan fingerprint density at radius 1 is 1.26 bits per heavy atom. The molecule has 23 heavy (non-hydrogen) atoms. The molecule has 0 bridgehead atoms. The van der Waals surface area contributed by atoms with E-state index in [2.05, 4.69) is 26.8 Å². The number of ether oxygens (including phenoxy) is 1. The van der Waals surface area contributed by atoms with Crippen LogP contribution in [0.5, 0.6) is 5.75 Å². The van der Waals surface area contributed by atoms with Gasteiger partial charge in [-0.2, -0.15) is 0 Å². The van der Waals surface area contributed by atoms with E-state index < -0.39 is 0 Å². The van der Waals surface area contributed by atoms with E-state index >= 15 is 0 Å². The molecule has 0 fully saturated rings. The average Bonchev–Trinajstić information content (AvgIpc) is 3.06. The summed E-state index contributed by atoms with van der Waals surface area (Å²) in [5.41, 5.74) is 1.98. The summed E-state index contributed by atoms with van der Waals surface area (Å²) in [6.45, 7) is 4.10. The Hall–Kier alpha value is -1.77. The van der Waals surface area contributed by atoms with Crippen LogP contribution < -0.4 is 15.4 Å². The van der Waals surface area contributed by atoms with Crippen LogP contribution in [0.2, 0.25) is 0 Å². The summed E-state index contributed by atoms with van der Waals surface area (Å²) >= 11 is 0. The lowest BCUT2D eigenvalue weighted by Crippen LogP contribution is -2.38. The molecule has 0 unspecified atom stereocenters. The standard InChI is InChI=1S/C16H22N4O2.HI/c1-3-17-16(19-12-14-9-11-22-20-14)18-10-8-13-6-4-5-7-15(13)21-2;/h4-7,9,11H,3,8,10,12H2,1-2H3,(H2,17,18,19);1H. The number of halogens is 1. The van der Waals surface area contributed by atoms with Gasteiger partial charge < -0.3 is 19.9 Å². The molecule has 0 atom stereocenters. The summed E-state index contributed by atoms with van der Waals surface area (Å²) in [5, 5.41) is 10.4. The van der Waals surface area contributed by atoms with Crippen molar-refractivity contribution in [3.63, 3.8) is 0 Å². The monoisotopic (exact) mass is 430 g/mol. The first-order valence-corrected chi connectivity index (χ1v) is 7.36. The van der Waals surface area contributed by atoms with Crippen molar-refractivity contribution in [1.29, 1.82) is 0 Å². The maximum Gasteiger partial charge on any atom is 0.191 e. The van der Waals surface area contributed by atoms with Gasteiger partial charge in [-0.3, -0.25) is 0 Å². The predicted molar refractivity (Wildman–Crippen MR) is 101 cm³/mol. The van der Waals surface area contributed by atoms with Crippen molar-refractivity contribution in [2.45, 2.75) is 19.9 Å². The zero-order valence-electron chi connectivity index (χ0n) is 13.4. The first-order valence-electron chi connectivity index (χ1n) is 7.36. The second-order valence-electron chi connectivity index (χ2n) is 4.67. The lowest BCUT2D eigenvalue weighted by molar-refractivity contribution is 0.409. The minimum Gasteiger partial charge on any atom is -0.496 e. The first kappa shape index (κ1) is 19.3. The van der Waals surface area contributed by atoms with Gasteiger partial charge in [-0.25, -0.2) is 4.99 Å². The van der Waals surface area contributed by atoms with Crippen molar-refractivity contribution in [3.8, 4) is 5.75 Å². The molecule has 0 aliphatic carbocycles. The molecule has 2 rings (SSSR count). The van der Waals surface area contributed by atoms with Gasteiger partial charge in [0.15, 0.2) is 5.96 Å². The highest BCUT2D eigenvalue weighted by atomic mass is 127. The van der Waals surface area contributed by atoms with Gasteiger partial charge in [-0.05, 0) is 25.0 Å². The molecule has 0 spiro atoms. The fraction of sp³-hybridized carbons (Fsp3) is 0.375. The molecule has 0 amide bonds. The summed E-state index contributed by atoms with van der Waals surface area (Å²) in [4.78, 5) is 4.47. The number of benzene rings is 1. The van der Waals surface area contributed by atoms with Crippen molar-refractivity contribution in [2.24, 2.45) is 4.99 Å². The molecule has 1 aromatic carbocycles. The third kappa shape index (κ3) is 6.47. The van der Waals surface area contributed by atoms with Gasteiger partial charge >= 0.3 is 0 Å². The van der Waals surface area contributed by atoms with Crippen LogP contribution in [-0.4, -0.2) is 31.3 Å². The van der Waals surface area contributed by atoms with Crippen molar-refractivity contribution in [1.82, 2.24) is 15.8 Å². The number of guanidine groups is 1. The maximum atomic E-state index is 5.35. The molecule has 1 aromatic heterocycles. The number of nitrogens with zero attached hydrogens (tertiary/aromatic N) is 2. The lowest BCUT2D eigenvalue weighted by Gasteiger charge is -2.12. The van der Waals surface area contributed by atoms with Gasteiger partial charge in [0, 0.05) is 19.2 Å². The van der Waals surface area contributed by atoms with Gasteiger partial charge in [0.1, 0.15) is 17.7 Å². The van der Waals surface area contributed by atoms with Gasteiger partial charge in [0.25, 0.3) is 0 Å². The fourth-order valence-corrected chi connectivity index (χ4v) is 2.05. The SMILES string of the molecule is CCNC(=NCc1ccon1)NCCc1ccccc1OC.I. The first-order chi connectivity index (χ1) is 10.8. The molecular weight excluding hydrogens is 407 g/mol. The van der Waals surface area contributed by atoms with Crippen molar-refractivity contribution >= 4 is 29.9 Å². The number of hydrogen-bond acceptors (Lipinski definition) is 4. The highest BCUT2D eigenvalue weighted by Crippen LogP contribution is 2.17. The van der Waals surface area contributed by atoms with E-state index in [9.17, 15) is 0 Å². The molecule has 0 aliphatic rings. The molecule has 0 aliphatic heterocycles. The Morgan fingerprint density at radius 2 is 2.09 bits per heavy atom. The molecule has 0 radical (unpaired) electrons. The van der Waals surface area contributed by atoms with Crippen LogP contribution in [0, 0.1) is 0 Å². The second kappa shape index (κ2) is 10.9. The molecule has 7 heteroatoms. The van der Waals surface area contributed by atoms with Crippen molar-refractivity contribution in [2.75, 3.05) is 20.2 Å². The van der Waals surface area contributed by atoms with Gasteiger partial charge in [0.2, 0.25) is 0 Å². The van der Waals surface area contributed by atoms with Crippen LogP contribution in [-0.2, 0) is 13.0 Å². The largest absolute Gasteiger partial charge is 0.496 e. The van der Waals surface area contributed by atoms with E-state index in [4.69, 9.17) is 9.26 Å². The molecule has 0 saturated heterocycles. The summed E-state index contributed by atoms with van der Waals surface area (Å²) < 4.78 is 10.2. The van der Waals surface area contributed by atoms with Gasteiger partial charge in [0.05, 0.1) is 13.7 Å². The molecule has 2 aromatic rings. The van der Waals surface area contributed by atoms with Gasteiger partial charge in [-0.15, -0.1) is 24.0 Å². The third-order valence-corrected chi connectivity index (χ3v) is 3.11. The number of methoxy groups -OCH3 is 1. The molecule has 2 N–H and O–H groups in total. The Bertz CT molecular complexity index is 588. The minimum atomic E-state index is 0. The maximum absolute atomic E-state index is 5.35. The molecule has 6 nitrogen and oxygen atoms in total. The summed E-state index contributed by atoms with van der Waals surface area (Å²) in [5.74, 6) is 1.68. The van der Waals surface area contributed by atoms with E-state index in [1.807, 2.05) is 31.2 Å². The quantitative estimate of drug-likeness (QED) is 0.402. The Labute approximate surface area is 153 Å². The predicted octanol–water partition coefficient (Wildman–Crippen LogP) is 2.60. The van der Waals surface area contributed by atoms with Crippen LogP contribution in [0.3, 0.4) is 0 Å². The van der Waals surface area contributed by atoms with Crippen LogP contribution >= 0.6 is 24.0 Å². The number of para-hydroxylation sites is 1. The Kier molecular flexibility index (Phi) is 9.11. The number of nitrogens with one attached hydrogen (secondary N) is 2. The van der Waals surface area contributed by atoms with E-state index in [1.165, 1.54) is 5.56 Å². The van der Waals surface area contributed by atoms with Crippen LogP contribution in [0.15, 0.2) is 46.1 Å². The summed E-state index contributed by atoms with van der Waals surface area (Å²) in [7, 11) is 1.69. The zero-order valence-corrected chi connectivity index (χ0v) is 15.7. The van der Waals surface area contributed by atoms with E-state index in [0.29, 0.717) is 6.54 Å². The highest BCUT2D eigenvalue weighted by molar-refractivity contribution is 14.0. The molecule has 0 saturated carbocycles. The van der Waals surface area contributed by atoms with E-state index in [1.54, 1.807) is 13.4 Å². The zero-order chi connectivity index (χ0) is 15.6. The number of aromatic nitrogens is 1. The number of aliphatic imine (C=N–C) groups is 1. The smallest absolute Gasteiger partial charge is 0.191 e. The van der Waals surface area contributed by atoms with Crippen LogP contribution in [0.25, 0.3) is 0 Å². The fourth-order valence-electron chi connectivity index (χ4n) is 2.05. The summed E-state index contributed by atoms with van der Waals surface area (Å²) in [6.07, 6.45) is 2.41. The minimum absolute atomic E-state index is 0. The Balaban J connectivity index is 0.00000264. The topological polar surface area (TPSA) is 71.7 Å². The van der Waals surface area contributed by atoms with Crippen molar-refractivity contribution in [3.05, 3.63) is 47.9 Å². The lowest BCUT2D eigenvalue weighted by atomic mass is 10.1. The van der Waals surface area contributed by atoms with Crippen LogP contribution in [0.1, 0.15) is 18.2 Å². The molecular formula is C16H23IN4O2. The van der Waals surface area contributed by atoms with Crippen molar-refractivity contribution < 1.29 is 9.26 Å². The highest BCUT2D eigenvalue weighted by Gasteiger charge is 2.03. The van der Waals surface area contributed by atoms with Crippen LogP contribution in [0.4, 0.5) is 0 Å². The average molecular weight is 430 g/mol.